The molecule has 1 aromatic rings. The summed E-state index contributed by atoms with van der Waals surface area (Å²) in [7, 11) is 1.74. The van der Waals surface area contributed by atoms with Gasteiger partial charge in [0.2, 0.25) is 11.8 Å². The lowest BCUT2D eigenvalue weighted by Gasteiger charge is -2.19. The molecule has 134 valence electrons. The first-order chi connectivity index (χ1) is 11.3. The molecular formula is C18H28ClN3O2. The lowest BCUT2D eigenvalue weighted by Crippen LogP contribution is -2.42. The molecule has 1 aromatic carbocycles. The predicted molar refractivity (Wildman–Crippen MR) is 99.3 cm³/mol. The van der Waals surface area contributed by atoms with Crippen molar-refractivity contribution in [2.75, 3.05) is 25.5 Å². The van der Waals surface area contributed by atoms with Crippen molar-refractivity contribution in [2.45, 2.75) is 39.7 Å². The number of halogens is 1. The Bertz CT molecular complexity index is 549. The lowest BCUT2D eigenvalue weighted by atomic mass is 10.0. The summed E-state index contributed by atoms with van der Waals surface area (Å²) < 4.78 is 0. The summed E-state index contributed by atoms with van der Waals surface area (Å²) in [6, 6.07) is 7.20. The molecule has 0 heterocycles. The lowest BCUT2D eigenvalue weighted by molar-refractivity contribution is -0.123. The van der Waals surface area contributed by atoms with Crippen LogP contribution in [0, 0.1) is 5.92 Å². The van der Waals surface area contributed by atoms with Crippen LogP contribution in [-0.2, 0) is 9.59 Å². The quantitative estimate of drug-likeness (QED) is 0.717. The smallest absolute Gasteiger partial charge is 0.238 e. The number of benzene rings is 1. The number of hydrogen-bond acceptors (Lipinski definition) is 3. The van der Waals surface area contributed by atoms with Crippen LogP contribution in [0.5, 0.6) is 0 Å². The highest BCUT2D eigenvalue weighted by atomic mass is 35.5. The molecule has 0 aromatic heterocycles. The molecule has 1 rings (SSSR count). The van der Waals surface area contributed by atoms with Crippen molar-refractivity contribution in [3.63, 3.8) is 0 Å². The molecule has 5 nitrogen and oxygen atoms in total. The molecule has 0 aliphatic carbocycles. The predicted octanol–water partition coefficient (Wildman–Crippen LogP) is 3.15. The number of rotatable bonds is 9. The molecule has 0 spiro atoms. The molecule has 1 atom stereocenters. The topological polar surface area (TPSA) is 61.4 Å². The van der Waals surface area contributed by atoms with Gasteiger partial charge in [-0.15, -0.1) is 0 Å². The molecule has 0 saturated carbocycles. The largest absolute Gasteiger partial charge is 0.353 e. The highest BCUT2D eigenvalue weighted by Crippen LogP contribution is 2.20. The van der Waals surface area contributed by atoms with E-state index in [1.807, 2.05) is 6.92 Å². The van der Waals surface area contributed by atoms with Gasteiger partial charge in [0, 0.05) is 6.04 Å². The number of nitrogens with one attached hydrogen (secondary N) is 2. The fraction of sp³-hybridized carbons (Fsp3) is 0.556. The van der Waals surface area contributed by atoms with Gasteiger partial charge < -0.3 is 10.6 Å². The highest BCUT2D eigenvalue weighted by molar-refractivity contribution is 6.33. The summed E-state index contributed by atoms with van der Waals surface area (Å²) in [6.45, 7) is 6.64. The van der Waals surface area contributed by atoms with Crippen LogP contribution in [0.1, 0.15) is 33.6 Å². The van der Waals surface area contributed by atoms with Crippen LogP contribution in [0.2, 0.25) is 5.02 Å². The van der Waals surface area contributed by atoms with Gasteiger partial charge in [-0.25, -0.2) is 0 Å². The van der Waals surface area contributed by atoms with E-state index >= 15 is 0 Å². The third-order valence-electron chi connectivity index (χ3n) is 3.56. The first kappa shape index (κ1) is 20.5. The van der Waals surface area contributed by atoms with Crippen LogP contribution in [0.25, 0.3) is 0 Å². The minimum atomic E-state index is -0.203. The van der Waals surface area contributed by atoms with E-state index in [0.717, 1.165) is 12.8 Å². The zero-order valence-corrected chi connectivity index (χ0v) is 15.7. The fourth-order valence-corrected chi connectivity index (χ4v) is 2.46. The summed E-state index contributed by atoms with van der Waals surface area (Å²) in [6.07, 6.45) is 2.04. The standard InChI is InChI=1S/C18H28ClN3O2/c1-13(2)9-10-14(3)20-17(23)11-22(4)12-18(24)21-16-8-6-5-7-15(16)19/h5-8,13-14H,9-12H2,1-4H3,(H,20,23)(H,21,24)/t14-/m1/s1. The molecule has 0 unspecified atom stereocenters. The zero-order chi connectivity index (χ0) is 18.1. The van der Waals surface area contributed by atoms with E-state index in [2.05, 4.69) is 24.5 Å². The van der Waals surface area contributed by atoms with Gasteiger partial charge in [0.25, 0.3) is 0 Å². The van der Waals surface area contributed by atoms with Crippen LogP contribution >= 0.6 is 11.6 Å². The first-order valence-electron chi connectivity index (χ1n) is 8.30. The summed E-state index contributed by atoms with van der Waals surface area (Å²) in [5.41, 5.74) is 0.573. The summed E-state index contributed by atoms with van der Waals surface area (Å²) in [5, 5.41) is 6.20. The molecule has 24 heavy (non-hydrogen) atoms. The monoisotopic (exact) mass is 353 g/mol. The van der Waals surface area contributed by atoms with Crippen molar-refractivity contribution in [3.05, 3.63) is 29.3 Å². The minimum absolute atomic E-state index is 0.0701. The summed E-state index contributed by atoms with van der Waals surface area (Å²) in [5.74, 6) is 0.353. The average molecular weight is 354 g/mol. The van der Waals surface area contributed by atoms with Gasteiger partial charge in [-0.3, -0.25) is 14.5 Å². The molecule has 6 heteroatoms. The number of para-hydroxylation sites is 1. The Balaban J connectivity index is 2.34. The maximum atomic E-state index is 12.0. The van der Waals surface area contributed by atoms with Gasteiger partial charge in [0.1, 0.15) is 0 Å². The second-order valence-corrected chi connectivity index (χ2v) is 7.05. The zero-order valence-electron chi connectivity index (χ0n) is 14.9. The number of carbonyl (C=O) groups is 2. The van der Waals surface area contributed by atoms with E-state index in [1.54, 1.807) is 36.2 Å². The third-order valence-corrected chi connectivity index (χ3v) is 3.89. The SMILES string of the molecule is CC(C)CC[C@@H](C)NC(=O)CN(C)CC(=O)Nc1ccccc1Cl. The second-order valence-electron chi connectivity index (χ2n) is 6.64. The normalized spacial score (nSPS) is 12.3. The minimum Gasteiger partial charge on any atom is -0.353 e. The molecule has 2 amide bonds. The molecule has 0 aliphatic heterocycles. The van der Waals surface area contributed by atoms with Gasteiger partial charge in [0.15, 0.2) is 0 Å². The van der Waals surface area contributed by atoms with Gasteiger partial charge >= 0.3 is 0 Å². The number of amides is 2. The van der Waals surface area contributed by atoms with Gasteiger partial charge in [-0.05, 0) is 44.9 Å². The van der Waals surface area contributed by atoms with E-state index in [9.17, 15) is 9.59 Å². The van der Waals surface area contributed by atoms with E-state index in [1.165, 1.54) is 0 Å². The Morgan fingerprint density at radius 3 is 2.33 bits per heavy atom. The van der Waals surface area contributed by atoms with Crippen molar-refractivity contribution < 1.29 is 9.59 Å². The van der Waals surface area contributed by atoms with Crippen LogP contribution in [0.4, 0.5) is 5.69 Å². The van der Waals surface area contributed by atoms with E-state index in [4.69, 9.17) is 11.6 Å². The molecular weight excluding hydrogens is 326 g/mol. The van der Waals surface area contributed by atoms with Crippen LogP contribution < -0.4 is 10.6 Å². The number of likely N-dealkylation sites (N-methyl/N-ethyl adjacent to an activating group) is 1. The molecule has 0 saturated heterocycles. The van der Waals surface area contributed by atoms with Crippen molar-refractivity contribution in [2.24, 2.45) is 5.92 Å². The van der Waals surface area contributed by atoms with Gasteiger partial charge in [0.05, 0.1) is 23.8 Å². The van der Waals surface area contributed by atoms with Crippen molar-refractivity contribution >= 4 is 29.1 Å². The highest BCUT2D eigenvalue weighted by Gasteiger charge is 2.13. The van der Waals surface area contributed by atoms with Crippen molar-refractivity contribution in [1.82, 2.24) is 10.2 Å². The Kier molecular flexibility index (Phi) is 8.79. The third kappa shape index (κ3) is 8.31. The first-order valence-corrected chi connectivity index (χ1v) is 8.68. The summed E-state index contributed by atoms with van der Waals surface area (Å²) in [4.78, 5) is 25.7. The Labute approximate surface area is 149 Å². The van der Waals surface area contributed by atoms with Crippen LogP contribution in [-0.4, -0.2) is 42.9 Å². The van der Waals surface area contributed by atoms with Crippen molar-refractivity contribution in [1.29, 1.82) is 0 Å². The Morgan fingerprint density at radius 1 is 1.08 bits per heavy atom. The van der Waals surface area contributed by atoms with Crippen LogP contribution in [0.3, 0.4) is 0 Å². The average Bonchev–Trinajstić information content (AvgIpc) is 2.47. The molecule has 2 N–H and O–H groups in total. The molecule has 0 bridgehead atoms. The van der Waals surface area contributed by atoms with Gasteiger partial charge in [-0.1, -0.05) is 37.6 Å². The maximum Gasteiger partial charge on any atom is 0.238 e. The number of nitrogens with zero attached hydrogens (tertiary/aromatic N) is 1. The Morgan fingerprint density at radius 2 is 1.71 bits per heavy atom. The van der Waals surface area contributed by atoms with E-state index < -0.39 is 0 Å². The van der Waals surface area contributed by atoms with E-state index in [0.29, 0.717) is 16.6 Å². The van der Waals surface area contributed by atoms with E-state index in [-0.39, 0.29) is 30.9 Å². The summed E-state index contributed by atoms with van der Waals surface area (Å²) >= 11 is 6.01. The van der Waals surface area contributed by atoms with Crippen LogP contribution in [0.15, 0.2) is 24.3 Å². The fourth-order valence-electron chi connectivity index (χ4n) is 2.27. The number of anilines is 1. The van der Waals surface area contributed by atoms with Gasteiger partial charge in [-0.2, -0.15) is 0 Å². The number of hydrogen-bond donors (Lipinski definition) is 2. The Hall–Kier alpha value is -1.59. The maximum absolute atomic E-state index is 12.0. The molecule has 0 fully saturated rings. The number of carbonyl (C=O) groups excluding carboxylic acids is 2. The van der Waals surface area contributed by atoms with Crippen molar-refractivity contribution in [3.8, 4) is 0 Å². The molecule has 0 aliphatic rings. The second kappa shape index (κ2) is 10.3. The molecule has 0 radical (unpaired) electrons.